The zero-order valence-electron chi connectivity index (χ0n) is 32.2. The maximum absolute atomic E-state index is 14.9. The molecule has 5 rings (SSSR count). The van der Waals surface area contributed by atoms with Gasteiger partial charge in [-0.05, 0) is 71.8 Å². The maximum Gasteiger partial charge on any atom is 0.315 e. The second kappa shape index (κ2) is 15.5. The van der Waals surface area contributed by atoms with Crippen molar-refractivity contribution in [3.63, 3.8) is 0 Å². The van der Waals surface area contributed by atoms with Crippen LogP contribution in [0, 0.1) is 34.5 Å². The van der Waals surface area contributed by atoms with Gasteiger partial charge in [-0.25, -0.2) is 17.5 Å². The zero-order chi connectivity index (χ0) is 39.0. The van der Waals surface area contributed by atoms with E-state index >= 15 is 0 Å². The molecule has 0 aromatic heterocycles. The fourth-order valence-corrected chi connectivity index (χ4v) is 9.07. The lowest BCUT2D eigenvalue weighted by Gasteiger charge is -2.37. The maximum atomic E-state index is 14.9. The summed E-state index contributed by atoms with van der Waals surface area (Å²) >= 11 is 0. The lowest BCUT2D eigenvalue weighted by molar-refractivity contribution is -0.144. The van der Waals surface area contributed by atoms with Crippen molar-refractivity contribution in [2.75, 3.05) is 32.4 Å². The summed E-state index contributed by atoms with van der Waals surface area (Å²) in [6.45, 7) is 15.5. The fourth-order valence-electron chi connectivity index (χ4n) is 8.26. The molecule has 6 atom stereocenters. The summed E-state index contributed by atoms with van der Waals surface area (Å²) in [5.41, 5.74) is 1.43. The van der Waals surface area contributed by atoms with Crippen molar-refractivity contribution >= 4 is 39.6 Å². The minimum atomic E-state index is -3.52. The zero-order valence-corrected chi connectivity index (χ0v) is 33.1. The van der Waals surface area contributed by atoms with Crippen LogP contribution in [-0.4, -0.2) is 104 Å². The molecule has 1 saturated heterocycles. The molecular formula is C39H58N6O7S. The van der Waals surface area contributed by atoms with Gasteiger partial charge in [0.15, 0.2) is 0 Å². The normalized spacial score (nSPS) is 23.6. The molecule has 14 heteroatoms. The number of hydrogen-bond acceptors (Lipinski definition) is 7. The Balaban J connectivity index is 1.40. The summed E-state index contributed by atoms with van der Waals surface area (Å²) in [6.07, 6.45) is 4.75. The monoisotopic (exact) mass is 754 g/mol. The number of carbonyl (C=O) groups is 5. The molecule has 1 unspecified atom stereocenters. The average molecular weight is 755 g/mol. The van der Waals surface area contributed by atoms with Crippen molar-refractivity contribution in [3.8, 4) is 0 Å². The molecule has 5 amide bonds. The molecule has 1 aliphatic heterocycles. The van der Waals surface area contributed by atoms with E-state index in [1.54, 1.807) is 11.8 Å². The number of nitrogens with zero attached hydrogens (tertiary/aromatic N) is 2. The molecule has 4 aliphatic rings. The molecule has 2 saturated carbocycles. The Morgan fingerprint density at radius 2 is 1.66 bits per heavy atom. The number of nitrogens with one attached hydrogen (secondary N) is 4. The third-order valence-corrected chi connectivity index (χ3v) is 13.9. The van der Waals surface area contributed by atoms with Gasteiger partial charge in [-0.15, -0.1) is 6.58 Å². The molecule has 3 aliphatic carbocycles. The Hall–Kier alpha value is -3.78. The number of urea groups is 1. The number of likely N-dealkylation sites (tertiary alicyclic amines) is 1. The van der Waals surface area contributed by atoms with E-state index in [4.69, 9.17) is 0 Å². The molecule has 0 bridgehead atoms. The largest absolute Gasteiger partial charge is 0.346 e. The van der Waals surface area contributed by atoms with E-state index in [1.165, 1.54) is 17.4 Å². The number of benzene rings is 1. The molecule has 3 fully saturated rings. The number of fused-ring (bicyclic) bond motifs is 2. The standard InChI is InChI=1S/C39H58N6O7S/c1-9-17-40-35(48)33(46)28(18-23-15-16-23)41-34(47)32-30-27(39(30,6)7)21-45(32)36(49)31(26-19-24-13-11-12-14-25(24)20-26)43-37(50)42-29(38(3,4)5)22-44(8)53(51,52)10-2/h9,11-14,23,26-32H,1,10,15-22H2,2-8H3,(H,40,48)(H,41,47)(H2,42,43,50)/t27-,28?,29+,30-,31-,32-/m0/s1. The van der Waals surface area contributed by atoms with E-state index in [9.17, 15) is 32.4 Å². The van der Waals surface area contributed by atoms with Crippen LogP contribution >= 0.6 is 0 Å². The molecular weight excluding hydrogens is 697 g/mol. The third kappa shape index (κ3) is 8.96. The molecule has 1 aromatic carbocycles. The number of ketones is 1. The Kier molecular flexibility index (Phi) is 11.8. The molecule has 4 N–H and O–H groups in total. The van der Waals surface area contributed by atoms with E-state index in [1.807, 2.05) is 45.0 Å². The second-order valence-corrected chi connectivity index (χ2v) is 19.5. The first-order chi connectivity index (χ1) is 24.8. The molecule has 53 heavy (non-hydrogen) atoms. The van der Waals surface area contributed by atoms with Crippen LogP contribution in [0.25, 0.3) is 0 Å². The number of Topliss-reactive ketones (excluding diaryl/α,β-unsaturated/α-hetero) is 1. The van der Waals surface area contributed by atoms with Crippen molar-refractivity contribution < 1.29 is 32.4 Å². The van der Waals surface area contributed by atoms with Crippen molar-refractivity contribution in [1.82, 2.24) is 30.5 Å². The highest BCUT2D eigenvalue weighted by atomic mass is 32.2. The number of rotatable bonds is 16. The lowest BCUT2D eigenvalue weighted by atomic mass is 9.86. The molecule has 1 heterocycles. The quantitative estimate of drug-likeness (QED) is 0.148. The van der Waals surface area contributed by atoms with Gasteiger partial charge in [-0.2, -0.15) is 0 Å². The third-order valence-electron chi connectivity index (χ3n) is 12.0. The van der Waals surface area contributed by atoms with E-state index < -0.39 is 63.2 Å². The van der Waals surface area contributed by atoms with Crippen LogP contribution in [0.3, 0.4) is 0 Å². The van der Waals surface area contributed by atoms with Crippen molar-refractivity contribution in [2.45, 2.75) is 97.8 Å². The fraction of sp³-hybridized carbons (Fsp3) is 0.667. The van der Waals surface area contributed by atoms with Crippen LogP contribution in [-0.2, 0) is 42.0 Å². The van der Waals surface area contributed by atoms with Gasteiger partial charge in [0.2, 0.25) is 27.6 Å². The summed E-state index contributed by atoms with van der Waals surface area (Å²) < 4.78 is 26.5. The summed E-state index contributed by atoms with van der Waals surface area (Å²) in [5, 5.41) is 11.4. The minimum Gasteiger partial charge on any atom is -0.346 e. The average Bonchev–Trinajstić information content (AvgIpc) is 3.85. The molecule has 1 aromatic rings. The van der Waals surface area contributed by atoms with Gasteiger partial charge < -0.3 is 26.2 Å². The first-order valence-corrected chi connectivity index (χ1v) is 20.5. The second-order valence-electron chi connectivity index (χ2n) is 17.1. The van der Waals surface area contributed by atoms with Gasteiger partial charge in [-0.3, -0.25) is 19.2 Å². The van der Waals surface area contributed by atoms with Gasteiger partial charge in [0, 0.05) is 32.7 Å². The van der Waals surface area contributed by atoms with Gasteiger partial charge in [0.25, 0.3) is 5.91 Å². The van der Waals surface area contributed by atoms with E-state index in [2.05, 4.69) is 41.7 Å². The van der Waals surface area contributed by atoms with Crippen LogP contribution in [0.4, 0.5) is 4.79 Å². The van der Waals surface area contributed by atoms with E-state index in [0.29, 0.717) is 25.8 Å². The van der Waals surface area contributed by atoms with E-state index in [-0.39, 0.29) is 53.8 Å². The summed E-state index contributed by atoms with van der Waals surface area (Å²) in [6, 6.07) is 3.82. The van der Waals surface area contributed by atoms with Gasteiger partial charge in [0.05, 0.1) is 11.8 Å². The highest BCUT2D eigenvalue weighted by Gasteiger charge is 2.70. The summed E-state index contributed by atoms with van der Waals surface area (Å²) in [7, 11) is -2.03. The number of amides is 5. The number of hydrogen-bond donors (Lipinski definition) is 4. The number of likely N-dealkylation sites (N-methyl/N-ethyl adjacent to an activating group) is 1. The predicted octanol–water partition coefficient (Wildman–Crippen LogP) is 2.40. The minimum absolute atomic E-state index is 0.0414. The highest BCUT2D eigenvalue weighted by molar-refractivity contribution is 7.89. The van der Waals surface area contributed by atoms with Crippen LogP contribution in [0.5, 0.6) is 0 Å². The Bertz CT molecular complexity index is 1690. The van der Waals surface area contributed by atoms with Crippen LogP contribution in [0.15, 0.2) is 36.9 Å². The topological polar surface area (TPSA) is 174 Å². The lowest BCUT2D eigenvalue weighted by Crippen LogP contribution is -2.61. The molecule has 292 valence electrons. The SMILES string of the molecule is C=CCNC(=O)C(=O)C(CC1CC1)NC(=O)[C@@H]1[C@@H]2[C@H](CN1C(=O)[C@@H](NC(=O)N[C@H](CN(C)S(=O)(=O)CC)C(C)(C)C)C1Cc3ccccc3C1)C2(C)C. The van der Waals surface area contributed by atoms with Crippen molar-refractivity contribution in [2.24, 2.45) is 34.5 Å². The number of sulfonamides is 1. The first kappa shape index (κ1) is 40.4. The van der Waals surface area contributed by atoms with Gasteiger partial charge in [0.1, 0.15) is 12.1 Å². The highest BCUT2D eigenvalue weighted by Crippen LogP contribution is 2.65. The van der Waals surface area contributed by atoms with Crippen LogP contribution in [0.1, 0.15) is 71.9 Å². The van der Waals surface area contributed by atoms with Crippen molar-refractivity contribution in [3.05, 3.63) is 48.0 Å². The number of piperidine rings is 1. The molecule has 0 spiro atoms. The first-order valence-electron chi connectivity index (χ1n) is 18.9. The van der Waals surface area contributed by atoms with Crippen LogP contribution < -0.4 is 21.3 Å². The summed E-state index contributed by atoms with van der Waals surface area (Å²) in [4.78, 5) is 70.6. The Morgan fingerprint density at radius 1 is 1.04 bits per heavy atom. The van der Waals surface area contributed by atoms with Gasteiger partial charge in [-0.1, -0.05) is 77.8 Å². The van der Waals surface area contributed by atoms with Crippen LogP contribution in [0.2, 0.25) is 0 Å². The van der Waals surface area contributed by atoms with E-state index in [0.717, 1.165) is 24.0 Å². The Morgan fingerprint density at radius 3 is 2.21 bits per heavy atom. The molecule has 0 radical (unpaired) electrons. The predicted molar refractivity (Wildman–Crippen MR) is 202 cm³/mol. The van der Waals surface area contributed by atoms with Crippen molar-refractivity contribution in [1.29, 1.82) is 0 Å². The Labute approximate surface area is 314 Å². The smallest absolute Gasteiger partial charge is 0.315 e. The van der Waals surface area contributed by atoms with Gasteiger partial charge >= 0.3 is 6.03 Å². The summed E-state index contributed by atoms with van der Waals surface area (Å²) in [5.74, 6) is -2.62. The molecule has 13 nitrogen and oxygen atoms in total. The number of carbonyl (C=O) groups excluding carboxylic acids is 5.